The minimum atomic E-state index is 0.154. The molecule has 1 aliphatic rings. The lowest BCUT2D eigenvalue weighted by Gasteiger charge is -2.26. The lowest BCUT2D eigenvalue weighted by molar-refractivity contribution is 0.0725. The Kier molecular flexibility index (Phi) is 5.23. The minimum Gasteiger partial charge on any atom is -0.336 e. The molecule has 0 aliphatic carbocycles. The van der Waals surface area contributed by atoms with Gasteiger partial charge in [0.2, 0.25) is 0 Å². The minimum absolute atomic E-state index is 0.154. The van der Waals surface area contributed by atoms with E-state index < -0.39 is 0 Å². The molecule has 5 heteroatoms. The van der Waals surface area contributed by atoms with Crippen LogP contribution in [0.3, 0.4) is 0 Å². The zero-order chi connectivity index (χ0) is 18.0. The molecule has 25 heavy (non-hydrogen) atoms. The van der Waals surface area contributed by atoms with Gasteiger partial charge in [0, 0.05) is 23.8 Å². The molecule has 0 spiro atoms. The molecular formula is C20H28N4O. The molecular weight excluding hydrogens is 312 g/mol. The molecule has 1 unspecified atom stereocenters. The van der Waals surface area contributed by atoms with Crippen LogP contribution in [0.1, 0.15) is 41.0 Å². The molecule has 2 heterocycles. The zero-order valence-corrected chi connectivity index (χ0v) is 15.7. The summed E-state index contributed by atoms with van der Waals surface area (Å²) in [6, 6.07) is 10.2. The second-order valence-electron chi connectivity index (χ2n) is 7.27. The first-order valence-electron chi connectivity index (χ1n) is 9.05. The summed E-state index contributed by atoms with van der Waals surface area (Å²) in [4.78, 5) is 17.2. The second kappa shape index (κ2) is 7.40. The van der Waals surface area contributed by atoms with Crippen LogP contribution in [0.5, 0.6) is 0 Å². The molecule has 1 aromatic carbocycles. The van der Waals surface area contributed by atoms with Crippen molar-refractivity contribution in [2.24, 2.45) is 0 Å². The van der Waals surface area contributed by atoms with Crippen LogP contribution in [0.2, 0.25) is 0 Å². The molecule has 134 valence electrons. The first-order chi connectivity index (χ1) is 12.0. The summed E-state index contributed by atoms with van der Waals surface area (Å²) >= 11 is 0. The third-order valence-corrected chi connectivity index (χ3v) is 4.92. The molecule has 1 fully saturated rings. The predicted molar refractivity (Wildman–Crippen MR) is 100 cm³/mol. The van der Waals surface area contributed by atoms with Gasteiger partial charge in [-0.3, -0.25) is 4.79 Å². The molecule has 1 aromatic heterocycles. The van der Waals surface area contributed by atoms with E-state index in [1.165, 1.54) is 0 Å². The van der Waals surface area contributed by atoms with E-state index >= 15 is 0 Å². The van der Waals surface area contributed by atoms with Crippen molar-refractivity contribution >= 4 is 5.91 Å². The van der Waals surface area contributed by atoms with Crippen molar-refractivity contribution in [3.8, 4) is 5.69 Å². The lowest BCUT2D eigenvalue weighted by Crippen LogP contribution is -2.37. The largest absolute Gasteiger partial charge is 0.336 e. The highest BCUT2D eigenvalue weighted by molar-refractivity contribution is 5.94. The van der Waals surface area contributed by atoms with Crippen molar-refractivity contribution < 1.29 is 4.79 Å². The number of hydrogen-bond donors (Lipinski definition) is 0. The Balaban J connectivity index is 1.73. The fraction of sp³-hybridized carbons (Fsp3) is 0.500. The lowest BCUT2D eigenvalue weighted by atomic mass is 10.1. The Morgan fingerprint density at radius 2 is 1.96 bits per heavy atom. The Morgan fingerprint density at radius 1 is 1.24 bits per heavy atom. The summed E-state index contributed by atoms with van der Waals surface area (Å²) < 4.78 is 1.92. The van der Waals surface area contributed by atoms with E-state index in [-0.39, 0.29) is 5.91 Å². The molecule has 1 atom stereocenters. The number of carbonyl (C=O) groups is 1. The summed E-state index contributed by atoms with van der Waals surface area (Å²) in [7, 11) is 4.16. The molecule has 3 rings (SSSR count). The van der Waals surface area contributed by atoms with E-state index in [1.807, 2.05) is 42.8 Å². The number of hydrogen-bond acceptors (Lipinski definition) is 3. The van der Waals surface area contributed by atoms with Gasteiger partial charge in [-0.15, -0.1) is 0 Å². The predicted octanol–water partition coefficient (Wildman–Crippen LogP) is 3.05. The van der Waals surface area contributed by atoms with Crippen LogP contribution in [0.25, 0.3) is 5.69 Å². The van der Waals surface area contributed by atoms with E-state index in [4.69, 9.17) is 0 Å². The highest BCUT2D eigenvalue weighted by Crippen LogP contribution is 2.23. The van der Waals surface area contributed by atoms with Crippen molar-refractivity contribution in [3.05, 3.63) is 47.3 Å². The van der Waals surface area contributed by atoms with Crippen molar-refractivity contribution in [2.75, 3.05) is 27.2 Å². The van der Waals surface area contributed by atoms with Crippen molar-refractivity contribution in [3.63, 3.8) is 0 Å². The van der Waals surface area contributed by atoms with Crippen LogP contribution in [-0.4, -0.2) is 58.7 Å². The Bertz CT molecular complexity index is 733. The zero-order valence-electron chi connectivity index (χ0n) is 15.7. The number of benzene rings is 1. The summed E-state index contributed by atoms with van der Waals surface area (Å²) in [5.41, 5.74) is 3.85. The van der Waals surface area contributed by atoms with Gasteiger partial charge in [-0.05, 0) is 84.1 Å². The monoisotopic (exact) mass is 340 g/mol. The van der Waals surface area contributed by atoms with Gasteiger partial charge in [0.1, 0.15) is 0 Å². The van der Waals surface area contributed by atoms with E-state index in [2.05, 4.69) is 35.1 Å². The van der Waals surface area contributed by atoms with Crippen LogP contribution < -0.4 is 0 Å². The maximum absolute atomic E-state index is 12.9. The molecule has 0 saturated carbocycles. The molecule has 0 bridgehead atoms. The maximum atomic E-state index is 12.9. The van der Waals surface area contributed by atoms with Gasteiger partial charge < -0.3 is 9.80 Å². The second-order valence-corrected chi connectivity index (χ2v) is 7.27. The highest BCUT2D eigenvalue weighted by atomic mass is 16.2. The van der Waals surface area contributed by atoms with E-state index in [9.17, 15) is 4.79 Å². The van der Waals surface area contributed by atoms with E-state index in [0.29, 0.717) is 6.04 Å². The Morgan fingerprint density at radius 3 is 2.56 bits per heavy atom. The van der Waals surface area contributed by atoms with E-state index in [0.717, 1.165) is 55.0 Å². The fourth-order valence-electron chi connectivity index (χ4n) is 3.61. The first-order valence-corrected chi connectivity index (χ1v) is 9.05. The van der Waals surface area contributed by atoms with Crippen LogP contribution in [-0.2, 0) is 0 Å². The van der Waals surface area contributed by atoms with E-state index in [1.54, 1.807) is 0 Å². The number of aryl methyl sites for hydroxylation is 2. The average molecular weight is 340 g/mol. The molecule has 1 amide bonds. The molecule has 5 nitrogen and oxygen atoms in total. The molecule has 2 aromatic rings. The summed E-state index contributed by atoms with van der Waals surface area (Å²) in [5, 5.41) is 4.50. The number of rotatable bonds is 5. The number of likely N-dealkylation sites (tertiary alicyclic amines) is 1. The fourth-order valence-corrected chi connectivity index (χ4v) is 3.61. The van der Waals surface area contributed by atoms with Crippen LogP contribution >= 0.6 is 0 Å². The molecule has 0 N–H and O–H groups in total. The van der Waals surface area contributed by atoms with Crippen molar-refractivity contribution in [1.82, 2.24) is 19.6 Å². The topological polar surface area (TPSA) is 41.4 Å². The first kappa shape index (κ1) is 17.7. The van der Waals surface area contributed by atoms with Crippen molar-refractivity contribution in [2.45, 2.75) is 39.2 Å². The number of amides is 1. The van der Waals surface area contributed by atoms with Gasteiger partial charge in [-0.25, -0.2) is 4.68 Å². The SMILES string of the molecule is Cc1cc(C)n(-c2ccc(C(=O)N3CCCC3CCN(C)C)cc2)n1. The number of nitrogens with zero attached hydrogens (tertiary/aromatic N) is 4. The van der Waals surface area contributed by atoms with Gasteiger partial charge in [0.15, 0.2) is 0 Å². The van der Waals surface area contributed by atoms with Crippen LogP contribution in [0.15, 0.2) is 30.3 Å². The highest BCUT2D eigenvalue weighted by Gasteiger charge is 2.29. The van der Waals surface area contributed by atoms with Crippen LogP contribution in [0, 0.1) is 13.8 Å². The third-order valence-electron chi connectivity index (χ3n) is 4.92. The van der Waals surface area contributed by atoms with Crippen molar-refractivity contribution in [1.29, 1.82) is 0 Å². The molecule has 1 saturated heterocycles. The summed E-state index contributed by atoms with van der Waals surface area (Å²) in [5.74, 6) is 0.154. The number of carbonyl (C=O) groups excluding carboxylic acids is 1. The van der Waals surface area contributed by atoms with Gasteiger partial charge in [0.25, 0.3) is 5.91 Å². The molecule has 0 radical (unpaired) electrons. The quantitative estimate of drug-likeness (QED) is 0.840. The Hall–Kier alpha value is -2.14. The van der Waals surface area contributed by atoms with Gasteiger partial charge in [-0.1, -0.05) is 0 Å². The number of aromatic nitrogens is 2. The molecule has 1 aliphatic heterocycles. The van der Waals surface area contributed by atoms with Crippen LogP contribution in [0.4, 0.5) is 0 Å². The summed E-state index contributed by atoms with van der Waals surface area (Å²) in [6.07, 6.45) is 3.26. The van der Waals surface area contributed by atoms with Gasteiger partial charge in [0.05, 0.1) is 11.4 Å². The van der Waals surface area contributed by atoms with Gasteiger partial charge in [-0.2, -0.15) is 5.10 Å². The summed E-state index contributed by atoms with van der Waals surface area (Å²) in [6.45, 7) is 5.92. The standard InChI is InChI=1S/C20H28N4O/c1-15-14-16(2)24(21-15)19-9-7-17(8-10-19)20(25)23-12-5-6-18(23)11-13-22(3)4/h7-10,14,18H,5-6,11-13H2,1-4H3. The normalized spacial score (nSPS) is 17.5. The average Bonchev–Trinajstić information content (AvgIpc) is 3.18. The smallest absolute Gasteiger partial charge is 0.254 e. The Labute approximate surface area is 150 Å². The maximum Gasteiger partial charge on any atom is 0.254 e. The third kappa shape index (κ3) is 3.93. The van der Waals surface area contributed by atoms with Gasteiger partial charge >= 0.3 is 0 Å².